The average molecular weight is 389 g/mol. The highest BCUT2D eigenvalue weighted by Gasteiger charge is 2.38. The molecule has 6 nitrogen and oxygen atoms in total. The average Bonchev–Trinajstić information content (AvgIpc) is 2.79. The summed E-state index contributed by atoms with van der Waals surface area (Å²) < 4.78 is 7.27. The summed E-state index contributed by atoms with van der Waals surface area (Å²) in [5, 5.41) is 5.66. The first-order valence-electron chi connectivity index (χ1n) is 10.2. The molecule has 0 N–H and O–H groups in total. The monoisotopic (exact) mass is 389 g/mol. The van der Waals surface area contributed by atoms with Gasteiger partial charge in [-0.1, -0.05) is 49.2 Å². The molecule has 3 aromatic rings. The van der Waals surface area contributed by atoms with Crippen molar-refractivity contribution in [1.82, 2.24) is 14.7 Å². The molecule has 1 aliphatic heterocycles. The van der Waals surface area contributed by atoms with E-state index >= 15 is 0 Å². The molecule has 1 amide bonds. The van der Waals surface area contributed by atoms with E-state index in [0.717, 1.165) is 25.7 Å². The number of amides is 1. The van der Waals surface area contributed by atoms with E-state index < -0.39 is 0 Å². The lowest BCUT2D eigenvalue weighted by molar-refractivity contribution is -0.0754. The smallest absolute Gasteiger partial charge is 0.279 e. The zero-order valence-corrected chi connectivity index (χ0v) is 16.2. The fourth-order valence-corrected chi connectivity index (χ4v) is 4.58. The number of nitrogens with zero attached hydrogens (tertiary/aromatic N) is 3. The van der Waals surface area contributed by atoms with Crippen LogP contribution < -0.4 is 5.56 Å². The zero-order chi connectivity index (χ0) is 19.8. The molecule has 2 aliphatic rings. The van der Waals surface area contributed by atoms with Gasteiger partial charge in [-0.2, -0.15) is 9.78 Å². The number of aromatic nitrogens is 2. The van der Waals surface area contributed by atoms with Gasteiger partial charge in [-0.15, -0.1) is 0 Å². The van der Waals surface area contributed by atoms with Gasteiger partial charge in [0, 0.05) is 11.9 Å². The van der Waals surface area contributed by atoms with Crippen LogP contribution in [0.1, 0.15) is 36.2 Å². The van der Waals surface area contributed by atoms with Crippen LogP contribution in [-0.2, 0) is 4.74 Å². The Morgan fingerprint density at radius 3 is 2.52 bits per heavy atom. The number of fused-ring (bicyclic) bond motifs is 2. The van der Waals surface area contributed by atoms with Gasteiger partial charge in [0.15, 0.2) is 5.69 Å². The third-order valence-corrected chi connectivity index (χ3v) is 6.00. The Bertz CT molecular complexity index is 1110. The Labute approximate surface area is 168 Å². The van der Waals surface area contributed by atoms with Crippen LogP contribution in [0.15, 0.2) is 59.4 Å². The predicted molar refractivity (Wildman–Crippen MR) is 110 cm³/mol. The Kier molecular flexibility index (Phi) is 4.64. The SMILES string of the molecule is O=C(c1nn(-c2ccccc2)c(=O)c2ccccc12)N1CCO[C@@H]2CCCC[C@H]21. The molecule has 1 aliphatic carbocycles. The number of morpholine rings is 1. The minimum absolute atomic E-state index is 0.0858. The van der Waals surface area contributed by atoms with Crippen molar-refractivity contribution in [3.05, 3.63) is 70.6 Å². The van der Waals surface area contributed by atoms with E-state index in [-0.39, 0.29) is 23.6 Å². The molecule has 1 saturated heterocycles. The van der Waals surface area contributed by atoms with Crippen LogP contribution in [0.3, 0.4) is 0 Å². The van der Waals surface area contributed by atoms with Crippen molar-refractivity contribution in [1.29, 1.82) is 0 Å². The van der Waals surface area contributed by atoms with Crippen LogP contribution >= 0.6 is 0 Å². The van der Waals surface area contributed by atoms with Crippen molar-refractivity contribution in [3.63, 3.8) is 0 Å². The van der Waals surface area contributed by atoms with Gasteiger partial charge in [0.05, 0.1) is 29.8 Å². The van der Waals surface area contributed by atoms with Gasteiger partial charge in [-0.05, 0) is 31.0 Å². The lowest BCUT2D eigenvalue weighted by Gasteiger charge is -2.43. The van der Waals surface area contributed by atoms with E-state index in [0.29, 0.717) is 35.3 Å². The standard InChI is InChI=1S/C23H23N3O3/c27-22-18-11-5-4-10-17(18)21(24-26(22)16-8-2-1-3-9-16)23(28)25-14-15-29-20-13-7-6-12-19(20)25/h1-5,8-11,19-20H,6-7,12-15H2/t19-,20-/m1/s1. The topological polar surface area (TPSA) is 64.4 Å². The summed E-state index contributed by atoms with van der Waals surface area (Å²) in [6, 6.07) is 16.6. The summed E-state index contributed by atoms with van der Waals surface area (Å²) in [4.78, 5) is 28.6. The van der Waals surface area contributed by atoms with Crippen molar-refractivity contribution in [3.8, 4) is 5.69 Å². The van der Waals surface area contributed by atoms with Crippen LogP contribution in [0, 0.1) is 0 Å². The zero-order valence-electron chi connectivity index (χ0n) is 16.2. The van der Waals surface area contributed by atoms with Crippen LogP contribution in [-0.4, -0.2) is 45.9 Å². The molecule has 5 rings (SSSR count). The Hall–Kier alpha value is -2.99. The minimum atomic E-state index is -0.221. The van der Waals surface area contributed by atoms with E-state index in [1.54, 1.807) is 6.07 Å². The molecule has 2 atom stereocenters. The van der Waals surface area contributed by atoms with Crippen molar-refractivity contribution in [2.45, 2.75) is 37.8 Å². The highest BCUT2D eigenvalue weighted by atomic mass is 16.5. The van der Waals surface area contributed by atoms with E-state index in [1.807, 2.05) is 53.4 Å². The van der Waals surface area contributed by atoms with Crippen molar-refractivity contribution in [2.75, 3.05) is 13.2 Å². The maximum atomic E-state index is 13.7. The number of carbonyl (C=O) groups is 1. The number of rotatable bonds is 2. The third kappa shape index (κ3) is 3.13. The Balaban J connectivity index is 1.65. The van der Waals surface area contributed by atoms with Gasteiger partial charge >= 0.3 is 0 Å². The molecule has 0 unspecified atom stereocenters. The molecule has 1 aromatic heterocycles. The lowest BCUT2D eigenvalue weighted by Crippen LogP contribution is -2.55. The van der Waals surface area contributed by atoms with Gasteiger partial charge in [-0.25, -0.2) is 0 Å². The molecular weight excluding hydrogens is 366 g/mol. The number of benzene rings is 2. The molecular formula is C23H23N3O3. The van der Waals surface area contributed by atoms with E-state index in [1.165, 1.54) is 4.68 Å². The number of hydrogen-bond donors (Lipinski definition) is 0. The van der Waals surface area contributed by atoms with E-state index in [4.69, 9.17) is 4.74 Å². The molecule has 1 saturated carbocycles. The number of ether oxygens (including phenoxy) is 1. The predicted octanol–water partition coefficient (Wildman–Crippen LogP) is 3.17. The first-order valence-corrected chi connectivity index (χ1v) is 10.2. The van der Waals surface area contributed by atoms with Crippen LogP contribution in [0.2, 0.25) is 0 Å². The molecule has 148 valence electrons. The lowest BCUT2D eigenvalue weighted by atomic mass is 9.90. The molecule has 2 fully saturated rings. The number of hydrogen-bond acceptors (Lipinski definition) is 4. The fraction of sp³-hybridized carbons (Fsp3) is 0.348. The quantitative estimate of drug-likeness (QED) is 0.675. The molecule has 29 heavy (non-hydrogen) atoms. The molecule has 0 radical (unpaired) electrons. The maximum Gasteiger partial charge on any atom is 0.279 e. The Morgan fingerprint density at radius 2 is 1.69 bits per heavy atom. The van der Waals surface area contributed by atoms with Crippen molar-refractivity contribution in [2.24, 2.45) is 0 Å². The number of carbonyl (C=O) groups excluding carboxylic acids is 1. The van der Waals surface area contributed by atoms with Gasteiger partial charge in [0.2, 0.25) is 0 Å². The largest absolute Gasteiger partial charge is 0.374 e. The van der Waals surface area contributed by atoms with Gasteiger partial charge < -0.3 is 9.64 Å². The van der Waals surface area contributed by atoms with Gasteiger partial charge in [-0.3, -0.25) is 9.59 Å². The second-order valence-electron chi connectivity index (χ2n) is 7.71. The second kappa shape index (κ2) is 7.44. The third-order valence-electron chi connectivity index (χ3n) is 6.00. The molecule has 2 aromatic carbocycles. The summed E-state index contributed by atoms with van der Waals surface area (Å²) in [7, 11) is 0. The molecule has 0 spiro atoms. The first-order chi connectivity index (χ1) is 14.2. The summed E-state index contributed by atoms with van der Waals surface area (Å²) >= 11 is 0. The molecule has 0 bridgehead atoms. The van der Waals surface area contributed by atoms with E-state index in [9.17, 15) is 9.59 Å². The second-order valence-corrected chi connectivity index (χ2v) is 7.71. The highest BCUT2D eigenvalue weighted by Crippen LogP contribution is 2.30. The van der Waals surface area contributed by atoms with Crippen LogP contribution in [0.4, 0.5) is 0 Å². The summed E-state index contributed by atoms with van der Waals surface area (Å²) in [6.07, 6.45) is 4.29. The molecule has 6 heteroatoms. The van der Waals surface area contributed by atoms with Gasteiger partial charge in [0.1, 0.15) is 0 Å². The van der Waals surface area contributed by atoms with Crippen LogP contribution in [0.25, 0.3) is 16.5 Å². The fourth-order valence-electron chi connectivity index (χ4n) is 4.58. The number of para-hydroxylation sites is 1. The summed E-state index contributed by atoms with van der Waals surface area (Å²) in [5.41, 5.74) is 0.756. The normalized spacial score (nSPS) is 21.7. The van der Waals surface area contributed by atoms with Crippen molar-refractivity contribution < 1.29 is 9.53 Å². The summed E-state index contributed by atoms with van der Waals surface area (Å²) in [6.45, 7) is 1.10. The molecule has 2 heterocycles. The Morgan fingerprint density at radius 1 is 0.966 bits per heavy atom. The van der Waals surface area contributed by atoms with Gasteiger partial charge in [0.25, 0.3) is 11.5 Å². The maximum absolute atomic E-state index is 13.7. The highest BCUT2D eigenvalue weighted by molar-refractivity contribution is 6.05. The van der Waals surface area contributed by atoms with E-state index in [2.05, 4.69) is 5.10 Å². The van der Waals surface area contributed by atoms with Crippen molar-refractivity contribution >= 4 is 16.7 Å². The summed E-state index contributed by atoms with van der Waals surface area (Å²) in [5.74, 6) is -0.119. The minimum Gasteiger partial charge on any atom is -0.374 e. The first kappa shape index (κ1) is 18.1. The van der Waals surface area contributed by atoms with Crippen LogP contribution in [0.5, 0.6) is 0 Å².